The zero-order chi connectivity index (χ0) is 9.26. The maximum absolute atomic E-state index is 11.2. The Hall–Kier alpha value is -1.22. The molecule has 1 fully saturated rings. The smallest absolute Gasteiger partial charge is 0.321 e. The zero-order valence-corrected chi connectivity index (χ0v) is 7.71. The standard InChI is InChI=1S/C9H9ClN2O/c10-7-1-3-8(4-2-7)11-9(13)12-5-6-12/h1-4H,5-6H2,(H,11,13). The molecule has 1 saturated heterocycles. The molecule has 3 nitrogen and oxygen atoms in total. The minimum Gasteiger partial charge on any atom is -0.321 e. The third kappa shape index (κ3) is 2.12. The van der Waals surface area contributed by atoms with Gasteiger partial charge in [-0.15, -0.1) is 0 Å². The van der Waals surface area contributed by atoms with E-state index < -0.39 is 0 Å². The predicted molar refractivity (Wildman–Crippen MR) is 52.0 cm³/mol. The molecule has 1 aromatic rings. The van der Waals surface area contributed by atoms with Gasteiger partial charge in [0.15, 0.2) is 0 Å². The molecule has 0 aliphatic carbocycles. The molecule has 13 heavy (non-hydrogen) atoms. The van der Waals surface area contributed by atoms with Gasteiger partial charge in [0.1, 0.15) is 0 Å². The number of nitrogens with one attached hydrogen (secondary N) is 1. The van der Waals surface area contributed by atoms with E-state index in [1.165, 1.54) is 0 Å². The fourth-order valence-electron chi connectivity index (χ4n) is 0.989. The van der Waals surface area contributed by atoms with Gasteiger partial charge >= 0.3 is 6.03 Å². The summed E-state index contributed by atoms with van der Waals surface area (Å²) in [5.74, 6) is 0. The van der Waals surface area contributed by atoms with Gasteiger partial charge in [0, 0.05) is 23.8 Å². The quantitative estimate of drug-likeness (QED) is 0.687. The van der Waals surface area contributed by atoms with Crippen molar-refractivity contribution in [2.75, 3.05) is 18.4 Å². The van der Waals surface area contributed by atoms with Crippen LogP contribution in [0.5, 0.6) is 0 Å². The van der Waals surface area contributed by atoms with Gasteiger partial charge < -0.3 is 10.2 Å². The van der Waals surface area contributed by atoms with Gasteiger partial charge in [-0.3, -0.25) is 0 Å². The van der Waals surface area contributed by atoms with Crippen LogP contribution in [0.15, 0.2) is 24.3 Å². The van der Waals surface area contributed by atoms with Crippen molar-refractivity contribution >= 4 is 23.3 Å². The van der Waals surface area contributed by atoms with Crippen molar-refractivity contribution in [1.29, 1.82) is 0 Å². The second kappa shape index (κ2) is 3.26. The summed E-state index contributed by atoms with van der Waals surface area (Å²) < 4.78 is 0. The molecule has 1 heterocycles. The van der Waals surface area contributed by atoms with Crippen molar-refractivity contribution in [2.24, 2.45) is 0 Å². The number of hydrogen-bond acceptors (Lipinski definition) is 1. The summed E-state index contributed by atoms with van der Waals surface area (Å²) in [7, 11) is 0. The molecule has 1 aliphatic heterocycles. The lowest BCUT2D eigenvalue weighted by atomic mass is 10.3. The number of urea groups is 1. The molecule has 1 aromatic carbocycles. The lowest BCUT2D eigenvalue weighted by Gasteiger charge is -2.04. The highest BCUT2D eigenvalue weighted by Gasteiger charge is 2.23. The van der Waals surface area contributed by atoms with Crippen LogP contribution in [0.4, 0.5) is 10.5 Å². The molecule has 0 radical (unpaired) electrons. The molecule has 0 aromatic heterocycles. The third-order valence-electron chi connectivity index (χ3n) is 1.83. The average molecular weight is 197 g/mol. The highest BCUT2D eigenvalue weighted by molar-refractivity contribution is 6.30. The van der Waals surface area contributed by atoms with Gasteiger partial charge in [-0.1, -0.05) is 11.6 Å². The summed E-state index contributed by atoms with van der Waals surface area (Å²) in [5.41, 5.74) is 0.779. The van der Waals surface area contributed by atoms with Crippen LogP contribution in [0.1, 0.15) is 0 Å². The van der Waals surface area contributed by atoms with Crippen molar-refractivity contribution in [3.8, 4) is 0 Å². The summed E-state index contributed by atoms with van der Waals surface area (Å²) in [5, 5.41) is 3.43. The van der Waals surface area contributed by atoms with E-state index in [2.05, 4.69) is 5.32 Å². The predicted octanol–water partition coefficient (Wildman–Crippen LogP) is 2.19. The van der Waals surface area contributed by atoms with Gasteiger partial charge in [0.2, 0.25) is 0 Å². The van der Waals surface area contributed by atoms with E-state index in [4.69, 9.17) is 11.6 Å². The van der Waals surface area contributed by atoms with E-state index in [-0.39, 0.29) is 6.03 Å². The molecule has 0 saturated carbocycles. The average Bonchev–Trinajstić information content (AvgIpc) is 2.91. The molecule has 0 atom stereocenters. The van der Waals surface area contributed by atoms with Gasteiger partial charge in [-0.25, -0.2) is 4.79 Å². The molecule has 0 spiro atoms. The highest BCUT2D eigenvalue weighted by atomic mass is 35.5. The molecular formula is C9H9ClN2O. The number of amides is 2. The second-order valence-electron chi connectivity index (χ2n) is 2.92. The first-order chi connectivity index (χ1) is 6.25. The fraction of sp³-hybridized carbons (Fsp3) is 0.222. The summed E-state index contributed by atoms with van der Waals surface area (Å²) in [6.45, 7) is 1.72. The van der Waals surface area contributed by atoms with E-state index in [0.29, 0.717) is 5.02 Å². The number of benzene rings is 1. The Kier molecular flexibility index (Phi) is 2.10. The van der Waals surface area contributed by atoms with E-state index >= 15 is 0 Å². The SMILES string of the molecule is O=C(Nc1ccc(Cl)cc1)N1CC1. The molecular weight excluding hydrogens is 188 g/mol. The Labute approximate surface area is 81.3 Å². The molecule has 2 amide bonds. The Balaban J connectivity index is 2.00. The van der Waals surface area contributed by atoms with Crippen LogP contribution in [0.2, 0.25) is 5.02 Å². The Morgan fingerprint density at radius 2 is 1.92 bits per heavy atom. The number of carbonyl (C=O) groups is 1. The van der Waals surface area contributed by atoms with Crippen LogP contribution in [0.25, 0.3) is 0 Å². The third-order valence-corrected chi connectivity index (χ3v) is 2.08. The van der Waals surface area contributed by atoms with Gasteiger partial charge in [-0.2, -0.15) is 0 Å². The fourth-order valence-corrected chi connectivity index (χ4v) is 1.11. The van der Waals surface area contributed by atoms with Crippen molar-refractivity contribution in [1.82, 2.24) is 4.90 Å². The topological polar surface area (TPSA) is 32.1 Å². The Morgan fingerprint density at radius 3 is 2.46 bits per heavy atom. The van der Waals surface area contributed by atoms with Crippen molar-refractivity contribution in [3.05, 3.63) is 29.3 Å². The second-order valence-corrected chi connectivity index (χ2v) is 3.36. The molecule has 1 N–H and O–H groups in total. The van der Waals surface area contributed by atoms with Crippen LogP contribution in [-0.4, -0.2) is 24.0 Å². The number of carbonyl (C=O) groups excluding carboxylic acids is 1. The first kappa shape index (κ1) is 8.38. The van der Waals surface area contributed by atoms with Crippen molar-refractivity contribution in [2.45, 2.75) is 0 Å². The summed E-state index contributed by atoms with van der Waals surface area (Å²) in [6, 6.07) is 7.02. The van der Waals surface area contributed by atoms with Crippen molar-refractivity contribution < 1.29 is 4.79 Å². The van der Waals surface area contributed by atoms with E-state index in [0.717, 1.165) is 18.8 Å². The summed E-state index contributed by atoms with van der Waals surface area (Å²) in [4.78, 5) is 13.0. The normalized spacial score (nSPS) is 14.1. The first-order valence-corrected chi connectivity index (χ1v) is 4.45. The maximum atomic E-state index is 11.2. The Bertz CT molecular complexity index is 319. The summed E-state index contributed by atoms with van der Waals surface area (Å²) in [6.07, 6.45) is 0. The highest BCUT2D eigenvalue weighted by Crippen LogP contribution is 2.15. The van der Waals surface area contributed by atoms with E-state index in [1.54, 1.807) is 29.2 Å². The van der Waals surface area contributed by atoms with Crippen LogP contribution in [0, 0.1) is 0 Å². The monoisotopic (exact) mass is 196 g/mol. The minimum atomic E-state index is -0.0395. The molecule has 68 valence electrons. The maximum Gasteiger partial charge on any atom is 0.321 e. The molecule has 4 heteroatoms. The number of hydrogen-bond donors (Lipinski definition) is 1. The Morgan fingerprint density at radius 1 is 1.31 bits per heavy atom. The number of anilines is 1. The van der Waals surface area contributed by atoms with Gasteiger partial charge in [0.05, 0.1) is 0 Å². The molecule has 2 rings (SSSR count). The number of halogens is 1. The van der Waals surface area contributed by atoms with Gasteiger partial charge in [-0.05, 0) is 24.3 Å². The van der Waals surface area contributed by atoms with Crippen LogP contribution < -0.4 is 5.32 Å². The van der Waals surface area contributed by atoms with Crippen LogP contribution in [0.3, 0.4) is 0 Å². The van der Waals surface area contributed by atoms with E-state index in [9.17, 15) is 4.79 Å². The van der Waals surface area contributed by atoms with Crippen LogP contribution >= 0.6 is 11.6 Å². The summed E-state index contributed by atoms with van der Waals surface area (Å²) >= 11 is 5.70. The lowest BCUT2D eigenvalue weighted by Crippen LogP contribution is -2.18. The first-order valence-electron chi connectivity index (χ1n) is 4.07. The molecule has 1 aliphatic rings. The largest absolute Gasteiger partial charge is 0.321 e. The van der Waals surface area contributed by atoms with Crippen molar-refractivity contribution in [3.63, 3.8) is 0 Å². The lowest BCUT2D eigenvalue weighted by molar-refractivity contribution is 0.242. The minimum absolute atomic E-state index is 0.0395. The zero-order valence-electron chi connectivity index (χ0n) is 6.96. The molecule has 0 bridgehead atoms. The van der Waals surface area contributed by atoms with E-state index in [1.807, 2.05) is 0 Å². The number of nitrogens with zero attached hydrogens (tertiary/aromatic N) is 1. The molecule has 0 unspecified atom stereocenters. The van der Waals surface area contributed by atoms with Crippen LogP contribution in [-0.2, 0) is 0 Å². The van der Waals surface area contributed by atoms with Gasteiger partial charge in [0.25, 0.3) is 0 Å². The number of rotatable bonds is 1.